The largest absolute Gasteiger partial charge is 0.472 e. The van der Waals surface area contributed by atoms with Gasteiger partial charge in [-0.25, -0.2) is 9.13 Å². The van der Waals surface area contributed by atoms with Crippen molar-refractivity contribution in [2.75, 3.05) is 39.6 Å². The van der Waals surface area contributed by atoms with Crippen LogP contribution < -0.4 is 0 Å². The summed E-state index contributed by atoms with van der Waals surface area (Å²) < 4.78 is 68.3. The molecule has 102 heavy (non-hydrogen) atoms. The Hall–Kier alpha value is -5.58. The Bertz CT molecular complexity index is 2600. The minimum atomic E-state index is -5.01. The van der Waals surface area contributed by atoms with Gasteiger partial charge in [-0.15, -0.1) is 0 Å². The summed E-state index contributed by atoms with van der Waals surface area (Å²) in [5.41, 5.74) is 0. The van der Waals surface area contributed by atoms with Crippen LogP contribution in [0, 0.1) is 0 Å². The van der Waals surface area contributed by atoms with Gasteiger partial charge in [0.05, 0.1) is 32.8 Å². The van der Waals surface area contributed by atoms with Gasteiger partial charge in [0.25, 0.3) is 0 Å². The summed E-state index contributed by atoms with van der Waals surface area (Å²) in [7, 11) is -10.0. The highest BCUT2D eigenvalue weighted by Crippen LogP contribution is 2.45. The Balaban J connectivity index is 5.48. The highest BCUT2D eigenvalue weighted by Gasteiger charge is 2.30. The normalized spacial score (nSPS) is 14.9. The molecule has 0 aliphatic rings. The predicted molar refractivity (Wildman–Crippen MR) is 417 cm³/mol. The second-order valence-corrected chi connectivity index (χ2v) is 27.7. The van der Waals surface area contributed by atoms with Crippen molar-refractivity contribution < 1.29 is 80.2 Å². The van der Waals surface area contributed by atoms with Crippen molar-refractivity contribution in [2.24, 2.45) is 0 Å². The molecule has 17 nitrogen and oxygen atoms in total. The van der Waals surface area contributed by atoms with Crippen LogP contribution in [0.15, 0.2) is 170 Å². The number of carbonyl (C=O) groups excluding carboxylic acids is 4. The first-order chi connectivity index (χ1) is 49.7. The molecule has 0 saturated heterocycles. The van der Waals surface area contributed by atoms with E-state index in [1.165, 1.54) is 25.7 Å². The second-order valence-electron chi connectivity index (χ2n) is 24.8. The summed E-state index contributed by atoms with van der Waals surface area (Å²) in [5, 5.41) is 10.6. The van der Waals surface area contributed by atoms with Gasteiger partial charge < -0.3 is 33.8 Å². The summed E-state index contributed by atoms with van der Waals surface area (Å²) in [5.74, 6) is -2.40. The maximum Gasteiger partial charge on any atom is 0.472 e. The third-order valence-electron chi connectivity index (χ3n) is 15.2. The Labute approximate surface area is 616 Å². The molecule has 0 aliphatic heterocycles. The summed E-state index contributed by atoms with van der Waals surface area (Å²) in [4.78, 5) is 72.8. The van der Waals surface area contributed by atoms with Crippen LogP contribution in [-0.4, -0.2) is 96.7 Å². The van der Waals surface area contributed by atoms with E-state index in [1.807, 2.05) is 18.2 Å². The molecule has 0 amide bonds. The fraction of sp³-hybridized carbons (Fsp3) is 0.614. The molecule has 0 saturated carbocycles. The van der Waals surface area contributed by atoms with Crippen LogP contribution >= 0.6 is 15.6 Å². The summed E-state index contributed by atoms with van der Waals surface area (Å²) >= 11 is 0. The van der Waals surface area contributed by atoms with Crippen molar-refractivity contribution in [1.82, 2.24) is 0 Å². The molecule has 0 spiro atoms. The van der Waals surface area contributed by atoms with E-state index in [0.717, 1.165) is 167 Å². The van der Waals surface area contributed by atoms with E-state index in [2.05, 4.69) is 174 Å². The van der Waals surface area contributed by atoms with Crippen molar-refractivity contribution in [2.45, 2.75) is 290 Å². The van der Waals surface area contributed by atoms with Gasteiger partial charge in [0.2, 0.25) is 0 Å². The molecule has 3 N–H and O–H groups in total. The molecule has 0 aliphatic carbocycles. The third kappa shape index (κ3) is 72.8. The molecule has 0 aromatic heterocycles. The van der Waals surface area contributed by atoms with E-state index in [4.69, 9.17) is 37.0 Å². The zero-order chi connectivity index (χ0) is 74.6. The summed E-state index contributed by atoms with van der Waals surface area (Å²) in [6, 6.07) is 0. The highest BCUT2D eigenvalue weighted by atomic mass is 31.2. The zero-order valence-corrected chi connectivity index (χ0v) is 64.8. The van der Waals surface area contributed by atoms with Gasteiger partial charge in [-0.05, 0) is 154 Å². The van der Waals surface area contributed by atoms with Crippen molar-refractivity contribution in [1.29, 1.82) is 0 Å². The Morgan fingerprint density at radius 2 is 0.549 bits per heavy atom. The second kappa shape index (κ2) is 73.7. The highest BCUT2D eigenvalue weighted by molar-refractivity contribution is 7.47. The molecule has 0 aromatic rings. The maximum atomic E-state index is 13.1. The lowest BCUT2D eigenvalue weighted by Crippen LogP contribution is -2.30. The van der Waals surface area contributed by atoms with Crippen molar-refractivity contribution in [3.8, 4) is 0 Å². The third-order valence-corrected chi connectivity index (χ3v) is 17.1. The van der Waals surface area contributed by atoms with Gasteiger partial charge in [0, 0.05) is 19.3 Å². The lowest BCUT2D eigenvalue weighted by Gasteiger charge is -2.21. The molecule has 19 heteroatoms. The number of carbonyl (C=O) groups is 4. The van der Waals surface area contributed by atoms with Gasteiger partial charge in [0.15, 0.2) is 12.2 Å². The molecule has 0 heterocycles. The van der Waals surface area contributed by atoms with Gasteiger partial charge in [0.1, 0.15) is 19.3 Å². The smallest absolute Gasteiger partial charge is 0.462 e. The van der Waals surface area contributed by atoms with Crippen molar-refractivity contribution in [3.05, 3.63) is 170 Å². The number of phosphoric ester groups is 2. The number of aliphatic hydroxyl groups excluding tert-OH is 1. The molecule has 0 fully saturated rings. The van der Waals surface area contributed by atoms with Crippen LogP contribution in [0.2, 0.25) is 0 Å². The van der Waals surface area contributed by atoms with Crippen molar-refractivity contribution >= 4 is 39.5 Å². The van der Waals surface area contributed by atoms with Gasteiger partial charge in [-0.2, -0.15) is 0 Å². The topological polar surface area (TPSA) is 237 Å². The van der Waals surface area contributed by atoms with Crippen LogP contribution in [0.5, 0.6) is 0 Å². The van der Waals surface area contributed by atoms with E-state index in [0.29, 0.717) is 25.7 Å². The minimum Gasteiger partial charge on any atom is -0.462 e. The first-order valence-electron chi connectivity index (χ1n) is 38.4. The number of hydrogen-bond acceptors (Lipinski definition) is 15. The monoisotopic (exact) mass is 1460 g/mol. The average Bonchev–Trinajstić information content (AvgIpc) is 0.924. The van der Waals surface area contributed by atoms with Gasteiger partial charge in [-0.3, -0.25) is 37.3 Å². The number of allylic oxidation sites excluding steroid dienone is 27. The van der Waals surface area contributed by atoms with E-state index < -0.39 is 97.5 Å². The molecular formula is C83H134O17P2. The Morgan fingerprint density at radius 3 is 0.892 bits per heavy atom. The van der Waals surface area contributed by atoms with Crippen LogP contribution in [0.25, 0.3) is 0 Å². The molecule has 578 valence electrons. The average molecular weight is 1470 g/mol. The fourth-order valence-corrected chi connectivity index (χ4v) is 11.0. The number of phosphoric acid groups is 2. The first-order valence-corrected chi connectivity index (χ1v) is 41.4. The van der Waals surface area contributed by atoms with Crippen LogP contribution in [0.3, 0.4) is 0 Å². The number of rotatable bonds is 70. The number of unbranched alkanes of at least 4 members (excludes halogenated alkanes) is 17. The molecule has 5 unspecified atom stereocenters. The molecule has 0 bridgehead atoms. The predicted octanol–water partition coefficient (Wildman–Crippen LogP) is 22.2. The number of esters is 4. The van der Waals surface area contributed by atoms with E-state index >= 15 is 0 Å². The number of ether oxygens (including phenoxy) is 4. The SMILES string of the molecule is CC/C=C\C/C=C\C/C=C\C/C=C\C/C=C\CCCCCC(=O)OCC(COP(=O)(O)OCC(O)COP(=O)(O)OCC(COC(=O)C/C=C\C/C=C\C/C=C\C/C=C\C/C=C\CC)OC(=O)CCCCCCC/C=C\CCCCCC)OC(=O)CCCCCCC/C=C\C/C=C\C/C=C\CC. The number of hydrogen-bond donors (Lipinski definition) is 3. The standard InChI is InChI=1S/C83H134O17P2/c1-5-9-13-17-21-25-29-33-36-37-38-39-42-45-48-52-56-60-64-68-81(86)94-74-79(100-83(88)70-66-62-58-54-50-46-41-35-31-27-23-19-15-11-7-3)76-98-102(91,92)96-72-77(84)71-95-101(89,90)97-75-78(99-82(87)69-65-61-57-53-49-43-32-28-24-20-16-12-8-4)73-93-80(85)67-63-59-55-51-47-44-40-34-30-26-22-18-14-10-6-2/h9-11,13-15,21-23,25-28,32-36,38-41,45,47-48,51,59,63,77-79,84H,5-8,12,16-20,24,29-31,37,42-44,46,49-50,52-58,60-62,64-76H2,1-4H3,(H,89,90)(H,91,92)/b13-9-,14-10-,15-11-,25-21-,26-22-,27-23-,32-28-,36-33-,39-38-,40-34-,41-35-,48-45-,51-47-,63-59-. The number of aliphatic hydroxyl groups is 1. The zero-order valence-electron chi connectivity index (χ0n) is 63.0. The van der Waals surface area contributed by atoms with Crippen LogP contribution in [0.4, 0.5) is 0 Å². The quantitative estimate of drug-likeness (QED) is 0.0169. The van der Waals surface area contributed by atoms with E-state index in [1.54, 1.807) is 6.08 Å². The summed E-state index contributed by atoms with van der Waals surface area (Å²) in [6.07, 6.45) is 86.6. The molecule has 0 rings (SSSR count). The molecule has 0 aromatic carbocycles. The summed E-state index contributed by atoms with van der Waals surface area (Å²) in [6.45, 7) is 4.31. The maximum absolute atomic E-state index is 13.1. The molecule has 0 radical (unpaired) electrons. The Kier molecular flexibility index (Phi) is 69.7. The lowest BCUT2D eigenvalue weighted by molar-refractivity contribution is -0.161. The molecular weight excluding hydrogens is 1330 g/mol. The fourth-order valence-electron chi connectivity index (χ4n) is 9.44. The van der Waals surface area contributed by atoms with Crippen LogP contribution in [0.1, 0.15) is 272 Å². The first kappa shape index (κ1) is 96.4. The van der Waals surface area contributed by atoms with Crippen LogP contribution in [-0.2, 0) is 65.4 Å². The van der Waals surface area contributed by atoms with Gasteiger partial charge in [-0.1, -0.05) is 262 Å². The Morgan fingerprint density at radius 1 is 0.294 bits per heavy atom. The van der Waals surface area contributed by atoms with E-state index in [-0.39, 0.29) is 25.7 Å². The van der Waals surface area contributed by atoms with E-state index in [9.17, 15) is 43.2 Å². The molecule has 5 atom stereocenters. The lowest BCUT2D eigenvalue weighted by atomic mass is 10.1. The van der Waals surface area contributed by atoms with Crippen molar-refractivity contribution in [3.63, 3.8) is 0 Å². The van der Waals surface area contributed by atoms with Gasteiger partial charge >= 0.3 is 39.5 Å². The minimum absolute atomic E-state index is 0.0592.